The summed E-state index contributed by atoms with van der Waals surface area (Å²) in [4.78, 5) is 30.4. The average molecular weight is 417 g/mol. The highest BCUT2D eigenvalue weighted by Crippen LogP contribution is 2.18. The van der Waals surface area contributed by atoms with Gasteiger partial charge in [-0.05, 0) is 45.0 Å². The molecule has 0 radical (unpaired) electrons. The Kier molecular flexibility index (Phi) is 8.13. The number of rotatable bonds is 9. The normalized spacial score (nSPS) is 14.5. The number of nitrogens with one attached hydrogen (secondary N) is 1. The molecule has 1 N–H and O–H groups in total. The van der Waals surface area contributed by atoms with Crippen LogP contribution in [0.5, 0.6) is 0 Å². The lowest BCUT2D eigenvalue weighted by Gasteiger charge is -2.29. The molecule has 1 aliphatic heterocycles. The number of amides is 2. The van der Waals surface area contributed by atoms with Crippen molar-refractivity contribution in [2.45, 2.75) is 31.1 Å². The first-order chi connectivity index (χ1) is 14.1. The molecule has 0 atom stereocenters. The second-order valence-electron chi connectivity index (χ2n) is 7.19. The molecule has 3 rings (SSSR count). The monoisotopic (exact) mass is 416 g/mol. The predicted molar refractivity (Wildman–Crippen MR) is 114 cm³/mol. The van der Waals surface area contributed by atoms with E-state index in [9.17, 15) is 9.59 Å². The van der Waals surface area contributed by atoms with Crippen LogP contribution in [-0.4, -0.2) is 65.2 Å². The lowest BCUT2D eigenvalue weighted by Crippen LogP contribution is -2.44. The highest BCUT2D eigenvalue weighted by atomic mass is 32.2. The van der Waals surface area contributed by atoms with Crippen molar-refractivity contribution in [3.8, 4) is 0 Å². The number of anilines is 1. The molecule has 1 fully saturated rings. The molecular formula is C21H28N4O3S. The smallest absolute Gasteiger partial charge is 0.245 e. The maximum Gasteiger partial charge on any atom is 0.245 e. The van der Waals surface area contributed by atoms with Crippen LogP contribution >= 0.6 is 11.8 Å². The Morgan fingerprint density at radius 3 is 2.66 bits per heavy atom. The number of benzene rings is 1. The van der Waals surface area contributed by atoms with Crippen LogP contribution in [0.15, 0.2) is 45.8 Å². The molecule has 0 bridgehead atoms. The Morgan fingerprint density at radius 2 is 1.97 bits per heavy atom. The van der Waals surface area contributed by atoms with Gasteiger partial charge in [-0.2, -0.15) is 0 Å². The summed E-state index contributed by atoms with van der Waals surface area (Å²) in [5, 5.41) is 6.48. The lowest BCUT2D eigenvalue weighted by atomic mass is 10.1. The van der Waals surface area contributed by atoms with Crippen LogP contribution in [0.1, 0.15) is 25.0 Å². The van der Waals surface area contributed by atoms with Gasteiger partial charge in [-0.15, -0.1) is 11.8 Å². The molecule has 0 saturated carbocycles. The molecule has 2 heterocycles. The van der Waals surface area contributed by atoms with E-state index in [1.807, 2.05) is 30.3 Å². The minimum absolute atomic E-state index is 0.00787. The third-order valence-corrected chi connectivity index (χ3v) is 5.82. The van der Waals surface area contributed by atoms with Crippen LogP contribution in [0.3, 0.4) is 0 Å². The summed E-state index contributed by atoms with van der Waals surface area (Å²) in [7, 11) is 0. The number of carbonyl (C=O) groups is 2. The van der Waals surface area contributed by atoms with Crippen LogP contribution in [-0.2, 0) is 9.59 Å². The first-order valence-corrected chi connectivity index (χ1v) is 11.0. The predicted octanol–water partition coefficient (Wildman–Crippen LogP) is 3.03. The van der Waals surface area contributed by atoms with E-state index in [1.54, 1.807) is 17.9 Å². The van der Waals surface area contributed by atoms with E-state index in [-0.39, 0.29) is 18.4 Å². The van der Waals surface area contributed by atoms with Gasteiger partial charge in [0, 0.05) is 24.1 Å². The minimum atomic E-state index is -0.269. The molecular weight excluding hydrogens is 388 g/mol. The van der Waals surface area contributed by atoms with Crippen molar-refractivity contribution in [1.82, 2.24) is 15.0 Å². The largest absolute Gasteiger partial charge is 0.360 e. The molecule has 1 aliphatic rings. The summed E-state index contributed by atoms with van der Waals surface area (Å²) in [6.45, 7) is 5.22. The number of hydrogen-bond acceptors (Lipinski definition) is 6. The summed E-state index contributed by atoms with van der Waals surface area (Å²) in [6, 6.07) is 11.5. The number of piperidine rings is 1. The minimum Gasteiger partial charge on any atom is -0.360 e. The maximum absolute atomic E-state index is 12.9. The highest BCUT2D eigenvalue weighted by molar-refractivity contribution is 8.00. The summed E-state index contributed by atoms with van der Waals surface area (Å²) in [6.07, 6.45) is 3.67. The number of aromatic nitrogens is 1. The summed E-state index contributed by atoms with van der Waals surface area (Å²) in [5.41, 5.74) is 0. The van der Waals surface area contributed by atoms with Gasteiger partial charge in [0.15, 0.2) is 5.82 Å². The van der Waals surface area contributed by atoms with Crippen molar-refractivity contribution in [2.24, 2.45) is 0 Å². The van der Waals surface area contributed by atoms with E-state index in [0.29, 0.717) is 23.9 Å². The molecule has 1 aromatic heterocycles. The molecule has 2 amide bonds. The van der Waals surface area contributed by atoms with Crippen molar-refractivity contribution >= 4 is 29.4 Å². The van der Waals surface area contributed by atoms with Gasteiger partial charge >= 0.3 is 0 Å². The Hall–Kier alpha value is -2.32. The van der Waals surface area contributed by atoms with Crippen molar-refractivity contribution in [3.63, 3.8) is 0 Å². The summed E-state index contributed by atoms with van der Waals surface area (Å²) >= 11 is 1.49. The number of aryl methyl sites for hydroxylation is 1. The number of likely N-dealkylation sites (tertiary alicyclic amines) is 1. The quantitative estimate of drug-likeness (QED) is 0.633. The van der Waals surface area contributed by atoms with Gasteiger partial charge in [0.1, 0.15) is 5.76 Å². The van der Waals surface area contributed by atoms with Crippen molar-refractivity contribution in [2.75, 3.05) is 43.8 Å². The average Bonchev–Trinajstić information content (AvgIpc) is 3.15. The summed E-state index contributed by atoms with van der Waals surface area (Å²) < 4.78 is 4.98. The van der Waals surface area contributed by atoms with Gasteiger partial charge in [-0.25, -0.2) is 0 Å². The molecule has 156 valence electrons. The van der Waals surface area contributed by atoms with Gasteiger partial charge in [-0.3, -0.25) is 9.59 Å². The van der Waals surface area contributed by atoms with E-state index in [1.165, 1.54) is 31.0 Å². The van der Waals surface area contributed by atoms with E-state index in [4.69, 9.17) is 4.52 Å². The second kappa shape index (κ2) is 11.0. The SMILES string of the molecule is Cc1cc(NC(=O)CN(CCN2CCCCC2)C(=O)CSc2ccccc2)no1. The molecule has 2 aromatic rings. The van der Waals surface area contributed by atoms with E-state index in [0.717, 1.165) is 24.5 Å². The number of hydrogen-bond donors (Lipinski definition) is 1. The van der Waals surface area contributed by atoms with Crippen molar-refractivity contribution in [1.29, 1.82) is 0 Å². The Balaban J connectivity index is 1.56. The zero-order chi connectivity index (χ0) is 20.5. The fraction of sp³-hybridized carbons (Fsp3) is 0.476. The van der Waals surface area contributed by atoms with Gasteiger partial charge in [0.2, 0.25) is 11.8 Å². The topological polar surface area (TPSA) is 78.7 Å². The molecule has 0 spiro atoms. The molecule has 1 aromatic carbocycles. The third kappa shape index (κ3) is 7.21. The van der Waals surface area contributed by atoms with Gasteiger partial charge < -0.3 is 19.6 Å². The fourth-order valence-electron chi connectivity index (χ4n) is 3.27. The third-order valence-electron chi connectivity index (χ3n) is 4.82. The van der Waals surface area contributed by atoms with Crippen LogP contribution in [0, 0.1) is 6.92 Å². The van der Waals surface area contributed by atoms with Gasteiger partial charge in [0.05, 0.1) is 12.3 Å². The number of thioether (sulfide) groups is 1. The zero-order valence-corrected chi connectivity index (χ0v) is 17.6. The Bertz CT molecular complexity index is 790. The number of nitrogens with zero attached hydrogens (tertiary/aromatic N) is 3. The second-order valence-corrected chi connectivity index (χ2v) is 8.24. The van der Waals surface area contributed by atoms with Crippen LogP contribution in [0.2, 0.25) is 0 Å². The molecule has 1 saturated heterocycles. The van der Waals surface area contributed by atoms with Crippen molar-refractivity contribution in [3.05, 3.63) is 42.2 Å². The van der Waals surface area contributed by atoms with Crippen LogP contribution in [0.25, 0.3) is 0 Å². The molecule has 29 heavy (non-hydrogen) atoms. The summed E-state index contributed by atoms with van der Waals surface area (Å²) in [5.74, 6) is 0.991. The number of carbonyl (C=O) groups excluding carboxylic acids is 2. The molecule has 8 heteroatoms. The van der Waals surface area contributed by atoms with E-state index < -0.39 is 0 Å². The Labute approximate surface area is 175 Å². The first-order valence-electron chi connectivity index (χ1n) is 10.0. The molecule has 7 nitrogen and oxygen atoms in total. The fourth-order valence-corrected chi connectivity index (χ4v) is 4.09. The van der Waals surface area contributed by atoms with E-state index in [2.05, 4.69) is 15.4 Å². The van der Waals surface area contributed by atoms with Crippen molar-refractivity contribution < 1.29 is 14.1 Å². The molecule has 0 aliphatic carbocycles. The van der Waals surface area contributed by atoms with Crippen LogP contribution in [0.4, 0.5) is 5.82 Å². The van der Waals surface area contributed by atoms with Crippen LogP contribution < -0.4 is 5.32 Å². The lowest BCUT2D eigenvalue weighted by molar-refractivity contribution is -0.132. The van der Waals surface area contributed by atoms with Gasteiger partial charge in [0.25, 0.3) is 0 Å². The molecule has 0 unspecified atom stereocenters. The standard InChI is InChI=1S/C21H28N4O3S/c1-17-14-19(23-28-17)22-20(26)15-25(13-12-24-10-6-3-7-11-24)21(27)16-29-18-8-4-2-5-9-18/h2,4-5,8-9,14H,3,6-7,10-13,15-16H2,1H3,(H,22,23,26). The van der Waals surface area contributed by atoms with E-state index >= 15 is 0 Å². The zero-order valence-electron chi connectivity index (χ0n) is 16.8. The maximum atomic E-state index is 12.9. The first kappa shape index (κ1) is 21.4. The van der Waals surface area contributed by atoms with Gasteiger partial charge in [-0.1, -0.05) is 29.8 Å². The highest BCUT2D eigenvalue weighted by Gasteiger charge is 2.20. The Morgan fingerprint density at radius 1 is 1.21 bits per heavy atom.